The topological polar surface area (TPSA) is 66.6 Å². The van der Waals surface area contributed by atoms with Gasteiger partial charge in [0.05, 0.1) is 5.92 Å². The third-order valence-corrected chi connectivity index (χ3v) is 6.10. The molecule has 0 aromatic heterocycles. The highest BCUT2D eigenvalue weighted by Crippen LogP contribution is 2.42. The van der Waals surface area contributed by atoms with Crippen LogP contribution < -0.4 is 10.6 Å². The number of nitrogens with two attached hydrogens (primary N) is 1. The Morgan fingerprint density at radius 2 is 2.04 bits per heavy atom. The minimum absolute atomic E-state index is 0. The van der Waals surface area contributed by atoms with Gasteiger partial charge in [-0.25, -0.2) is 0 Å². The normalized spacial score (nSPS) is 26.9. The zero-order valence-electron chi connectivity index (χ0n) is 16.2. The smallest absolute Gasteiger partial charge is 0.231 e. The molecule has 0 radical (unpaired) electrons. The van der Waals surface area contributed by atoms with Gasteiger partial charge in [0.1, 0.15) is 0 Å². The number of benzene rings is 1. The average molecular weight is 414 g/mol. The van der Waals surface area contributed by atoms with E-state index in [1.54, 1.807) is 25.1 Å². The molecule has 5 nitrogen and oxygen atoms in total. The Morgan fingerprint density at radius 3 is 2.67 bits per heavy atom. The van der Waals surface area contributed by atoms with Crippen LogP contribution in [0.4, 0.5) is 5.69 Å². The molecule has 1 heterocycles. The SMILES string of the molecule is CN(C)C(=O)CC1CN(C(=O)C2CCCCC2(C)N)c2ccc(Cl)cc21.Cl. The van der Waals surface area contributed by atoms with E-state index in [0.717, 1.165) is 36.9 Å². The highest BCUT2D eigenvalue weighted by Gasteiger charge is 2.43. The number of anilines is 1. The number of carbonyl (C=O) groups is 2. The average Bonchev–Trinajstić information content (AvgIpc) is 2.91. The van der Waals surface area contributed by atoms with E-state index in [1.165, 1.54) is 0 Å². The molecule has 1 saturated carbocycles. The number of hydrogen-bond donors (Lipinski definition) is 1. The molecule has 1 aromatic carbocycles. The first-order valence-electron chi connectivity index (χ1n) is 9.30. The Balaban J connectivity index is 0.00000261. The van der Waals surface area contributed by atoms with Crippen molar-refractivity contribution in [1.82, 2.24) is 4.90 Å². The molecule has 1 fully saturated rings. The molecule has 27 heavy (non-hydrogen) atoms. The quantitative estimate of drug-likeness (QED) is 0.822. The summed E-state index contributed by atoms with van der Waals surface area (Å²) in [5.74, 6) is -0.0760. The molecule has 2 N–H and O–H groups in total. The van der Waals surface area contributed by atoms with Crippen LogP contribution in [0.1, 0.15) is 50.5 Å². The predicted octanol–water partition coefficient (Wildman–Crippen LogP) is 3.58. The zero-order chi connectivity index (χ0) is 19.1. The lowest BCUT2D eigenvalue weighted by atomic mass is 9.74. The first-order chi connectivity index (χ1) is 12.2. The van der Waals surface area contributed by atoms with Crippen LogP contribution in [-0.4, -0.2) is 42.9 Å². The van der Waals surface area contributed by atoms with Crippen molar-refractivity contribution in [1.29, 1.82) is 0 Å². The van der Waals surface area contributed by atoms with Crippen LogP contribution in [0, 0.1) is 5.92 Å². The second-order valence-corrected chi connectivity index (χ2v) is 8.58. The second-order valence-electron chi connectivity index (χ2n) is 8.15. The number of fused-ring (bicyclic) bond motifs is 1. The highest BCUT2D eigenvalue weighted by molar-refractivity contribution is 6.30. The van der Waals surface area contributed by atoms with Crippen LogP contribution in [0.5, 0.6) is 0 Å². The van der Waals surface area contributed by atoms with E-state index in [2.05, 4.69) is 0 Å². The monoisotopic (exact) mass is 413 g/mol. The van der Waals surface area contributed by atoms with Gasteiger partial charge in [-0.15, -0.1) is 12.4 Å². The van der Waals surface area contributed by atoms with Crippen molar-refractivity contribution in [2.45, 2.75) is 50.5 Å². The maximum atomic E-state index is 13.3. The van der Waals surface area contributed by atoms with Gasteiger partial charge in [-0.2, -0.15) is 0 Å². The van der Waals surface area contributed by atoms with Crippen LogP contribution in [0.25, 0.3) is 0 Å². The molecule has 7 heteroatoms. The molecular weight excluding hydrogens is 385 g/mol. The Hall–Kier alpha value is -1.30. The van der Waals surface area contributed by atoms with E-state index in [0.29, 0.717) is 18.0 Å². The van der Waals surface area contributed by atoms with Crippen LogP contribution >= 0.6 is 24.0 Å². The summed E-state index contributed by atoms with van der Waals surface area (Å²) in [4.78, 5) is 29.0. The van der Waals surface area contributed by atoms with Crippen molar-refractivity contribution in [3.8, 4) is 0 Å². The van der Waals surface area contributed by atoms with E-state index < -0.39 is 5.54 Å². The van der Waals surface area contributed by atoms with Gasteiger partial charge < -0.3 is 15.5 Å². The fraction of sp³-hybridized carbons (Fsp3) is 0.600. The summed E-state index contributed by atoms with van der Waals surface area (Å²) < 4.78 is 0. The summed E-state index contributed by atoms with van der Waals surface area (Å²) in [5.41, 5.74) is 7.84. The summed E-state index contributed by atoms with van der Waals surface area (Å²) in [6.45, 7) is 2.50. The number of halogens is 2. The molecule has 3 atom stereocenters. The molecule has 0 saturated heterocycles. The number of hydrogen-bond acceptors (Lipinski definition) is 3. The molecule has 2 amide bonds. The summed E-state index contributed by atoms with van der Waals surface area (Å²) >= 11 is 6.19. The lowest BCUT2D eigenvalue weighted by Crippen LogP contribution is -2.53. The van der Waals surface area contributed by atoms with Gasteiger partial charge in [0.15, 0.2) is 0 Å². The van der Waals surface area contributed by atoms with Gasteiger partial charge in [0.2, 0.25) is 11.8 Å². The minimum atomic E-state index is -0.473. The molecule has 1 aliphatic carbocycles. The number of amides is 2. The molecule has 150 valence electrons. The van der Waals surface area contributed by atoms with Crippen LogP contribution in [0.2, 0.25) is 5.02 Å². The number of rotatable bonds is 3. The second kappa shape index (κ2) is 8.38. The van der Waals surface area contributed by atoms with E-state index in [9.17, 15) is 9.59 Å². The van der Waals surface area contributed by atoms with Gasteiger partial charge in [-0.1, -0.05) is 24.4 Å². The Morgan fingerprint density at radius 1 is 1.33 bits per heavy atom. The van der Waals surface area contributed by atoms with E-state index in [4.69, 9.17) is 17.3 Å². The summed E-state index contributed by atoms with van der Waals surface area (Å²) in [7, 11) is 3.50. The fourth-order valence-corrected chi connectivity index (χ4v) is 4.42. The van der Waals surface area contributed by atoms with E-state index >= 15 is 0 Å². The van der Waals surface area contributed by atoms with Crippen molar-refractivity contribution < 1.29 is 9.59 Å². The molecule has 3 unspecified atom stereocenters. The van der Waals surface area contributed by atoms with Gasteiger partial charge in [0, 0.05) is 49.2 Å². The van der Waals surface area contributed by atoms with Crippen molar-refractivity contribution >= 4 is 41.5 Å². The van der Waals surface area contributed by atoms with E-state index in [1.807, 2.05) is 24.0 Å². The van der Waals surface area contributed by atoms with Crippen LogP contribution in [0.15, 0.2) is 18.2 Å². The maximum Gasteiger partial charge on any atom is 0.231 e. The van der Waals surface area contributed by atoms with Crippen LogP contribution in [0.3, 0.4) is 0 Å². The Labute approximate surface area is 172 Å². The summed E-state index contributed by atoms with van der Waals surface area (Å²) in [5, 5.41) is 0.627. The molecule has 2 aliphatic rings. The lowest BCUT2D eigenvalue weighted by molar-refractivity contribution is -0.129. The Kier molecular flexibility index (Phi) is 6.82. The number of nitrogens with zero attached hydrogens (tertiary/aromatic N) is 2. The highest BCUT2D eigenvalue weighted by atomic mass is 35.5. The van der Waals surface area contributed by atoms with Gasteiger partial charge in [-0.05, 0) is 43.5 Å². The van der Waals surface area contributed by atoms with Crippen molar-refractivity contribution in [3.63, 3.8) is 0 Å². The molecular formula is C20H29Cl2N3O2. The van der Waals surface area contributed by atoms with Crippen molar-refractivity contribution in [2.75, 3.05) is 25.5 Å². The summed E-state index contributed by atoms with van der Waals surface area (Å²) in [6.07, 6.45) is 4.17. The zero-order valence-corrected chi connectivity index (χ0v) is 17.8. The third kappa shape index (κ3) is 4.41. The Bertz CT molecular complexity index is 721. The first-order valence-corrected chi connectivity index (χ1v) is 9.68. The number of carbonyl (C=O) groups excluding carboxylic acids is 2. The standard InChI is InChI=1S/C20H28ClN3O2.ClH/c1-20(22)9-5-4-6-16(20)19(26)24-12-13(10-18(25)23(2)3)15-11-14(21)7-8-17(15)24;/h7-8,11,13,16H,4-6,9-10,12,22H2,1-3H3;1H. The lowest BCUT2D eigenvalue weighted by Gasteiger charge is -2.39. The molecule has 0 spiro atoms. The minimum Gasteiger partial charge on any atom is -0.349 e. The first kappa shape index (κ1) is 22.0. The van der Waals surface area contributed by atoms with Crippen LogP contribution in [-0.2, 0) is 9.59 Å². The molecule has 3 rings (SSSR count). The molecule has 1 aliphatic heterocycles. The molecule has 0 bridgehead atoms. The predicted molar refractivity (Wildman–Crippen MR) is 112 cm³/mol. The third-order valence-electron chi connectivity index (χ3n) is 5.86. The van der Waals surface area contributed by atoms with Gasteiger partial charge in [0.25, 0.3) is 0 Å². The van der Waals surface area contributed by atoms with Gasteiger partial charge >= 0.3 is 0 Å². The largest absolute Gasteiger partial charge is 0.349 e. The fourth-order valence-electron chi connectivity index (χ4n) is 4.24. The van der Waals surface area contributed by atoms with Crippen molar-refractivity contribution in [3.05, 3.63) is 28.8 Å². The maximum absolute atomic E-state index is 13.3. The summed E-state index contributed by atoms with van der Waals surface area (Å²) in [6, 6.07) is 5.59. The van der Waals surface area contributed by atoms with Gasteiger partial charge in [-0.3, -0.25) is 9.59 Å². The van der Waals surface area contributed by atoms with E-state index in [-0.39, 0.29) is 36.1 Å². The van der Waals surface area contributed by atoms with Crippen molar-refractivity contribution in [2.24, 2.45) is 11.7 Å². The molecule has 1 aromatic rings.